The molecule has 1 aliphatic rings. The lowest BCUT2D eigenvalue weighted by Crippen LogP contribution is -2.16. The van der Waals surface area contributed by atoms with Crippen molar-refractivity contribution in [1.82, 2.24) is 19.9 Å². The van der Waals surface area contributed by atoms with Crippen LogP contribution in [0.15, 0.2) is 48.5 Å². The van der Waals surface area contributed by atoms with E-state index in [1.165, 1.54) is 17.7 Å². The molecule has 1 aliphatic heterocycles. The molecule has 110 valence electrons. The van der Waals surface area contributed by atoms with Gasteiger partial charge in [-0.2, -0.15) is 0 Å². The molecule has 0 aliphatic carbocycles. The molecule has 0 spiro atoms. The minimum absolute atomic E-state index is 0.246. The first-order valence-corrected chi connectivity index (χ1v) is 7.20. The number of benzene rings is 2. The monoisotopic (exact) mass is 294 g/mol. The van der Waals surface area contributed by atoms with E-state index in [4.69, 9.17) is 0 Å². The summed E-state index contributed by atoms with van der Waals surface area (Å²) in [5, 5.41) is 8.67. The molecule has 0 bridgehead atoms. The highest BCUT2D eigenvalue weighted by atomic mass is 19.1. The van der Waals surface area contributed by atoms with Gasteiger partial charge >= 0.3 is 0 Å². The van der Waals surface area contributed by atoms with Crippen LogP contribution in [0.25, 0.3) is 16.9 Å². The first-order chi connectivity index (χ1) is 10.7. The number of para-hydroxylation sites is 1. The number of hydrogen-bond acceptors (Lipinski definition) is 3. The lowest BCUT2D eigenvalue weighted by molar-refractivity contribution is 0.320. The number of rotatable bonds is 1. The predicted octanol–water partition coefficient (Wildman–Crippen LogP) is 3.02. The van der Waals surface area contributed by atoms with Gasteiger partial charge in [-0.25, -0.2) is 9.07 Å². The van der Waals surface area contributed by atoms with Crippen molar-refractivity contribution < 1.29 is 4.39 Å². The number of fused-ring (bicyclic) bond motifs is 3. The summed E-state index contributed by atoms with van der Waals surface area (Å²) in [4.78, 5) is 2.23. The van der Waals surface area contributed by atoms with Crippen LogP contribution in [0.3, 0.4) is 0 Å². The van der Waals surface area contributed by atoms with Crippen molar-refractivity contribution in [2.45, 2.75) is 13.1 Å². The zero-order valence-electron chi connectivity index (χ0n) is 12.2. The Labute approximate surface area is 127 Å². The quantitative estimate of drug-likeness (QED) is 0.692. The summed E-state index contributed by atoms with van der Waals surface area (Å²) in [6, 6.07) is 14.6. The zero-order valence-corrected chi connectivity index (χ0v) is 12.2. The van der Waals surface area contributed by atoms with E-state index in [1.54, 1.807) is 12.1 Å². The van der Waals surface area contributed by atoms with Gasteiger partial charge in [-0.1, -0.05) is 23.4 Å². The van der Waals surface area contributed by atoms with Crippen LogP contribution in [-0.4, -0.2) is 26.9 Å². The van der Waals surface area contributed by atoms with Crippen LogP contribution >= 0.6 is 0 Å². The molecule has 2 aromatic carbocycles. The van der Waals surface area contributed by atoms with Gasteiger partial charge in [-0.15, -0.1) is 5.10 Å². The Morgan fingerprint density at radius 1 is 1.00 bits per heavy atom. The van der Waals surface area contributed by atoms with E-state index in [2.05, 4.69) is 34.4 Å². The fraction of sp³-hybridized carbons (Fsp3) is 0.176. The van der Waals surface area contributed by atoms with Crippen LogP contribution in [0.2, 0.25) is 0 Å². The molecule has 0 atom stereocenters. The van der Waals surface area contributed by atoms with Crippen LogP contribution in [0, 0.1) is 5.82 Å². The molecule has 2 heterocycles. The summed E-state index contributed by atoms with van der Waals surface area (Å²) in [6.07, 6.45) is 0. The largest absolute Gasteiger partial charge is 0.296 e. The smallest absolute Gasteiger partial charge is 0.123 e. The molecule has 0 saturated carbocycles. The topological polar surface area (TPSA) is 34.0 Å². The molecule has 0 radical (unpaired) electrons. The van der Waals surface area contributed by atoms with Crippen LogP contribution in [0.1, 0.15) is 11.3 Å². The van der Waals surface area contributed by atoms with Crippen LogP contribution < -0.4 is 0 Å². The first-order valence-electron chi connectivity index (χ1n) is 7.20. The molecule has 0 amide bonds. The molecule has 5 heteroatoms. The SMILES string of the molecule is CN1Cc2ccccc2-n2nnc(-c3ccc(F)cc3)c2C1. The number of hydrogen-bond donors (Lipinski definition) is 0. The van der Waals surface area contributed by atoms with Crippen molar-refractivity contribution in [1.29, 1.82) is 0 Å². The molecule has 0 saturated heterocycles. The Morgan fingerprint density at radius 3 is 2.59 bits per heavy atom. The van der Waals surface area contributed by atoms with E-state index >= 15 is 0 Å². The minimum Gasteiger partial charge on any atom is -0.296 e. The maximum Gasteiger partial charge on any atom is 0.123 e. The highest BCUT2D eigenvalue weighted by Gasteiger charge is 2.22. The van der Waals surface area contributed by atoms with Gasteiger partial charge in [0.2, 0.25) is 0 Å². The van der Waals surface area contributed by atoms with E-state index in [9.17, 15) is 4.39 Å². The van der Waals surface area contributed by atoms with Gasteiger partial charge in [-0.3, -0.25) is 4.90 Å². The maximum atomic E-state index is 13.1. The third kappa shape index (κ3) is 2.10. The van der Waals surface area contributed by atoms with E-state index in [0.29, 0.717) is 0 Å². The Hall–Kier alpha value is -2.53. The third-order valence-electron chi connectivity index (χ3n) is 3.96. The summed E-state index contributed by atoms with van der Waals surface area (Å²) in [6.45, 7) is 1.61. The Kier molecular flexibility index (Phi) is 3.01. The summed E-state index contributed by atoms with van der Waals surface area (Å²) in [7, 11) is 2.08. The van der Waals surface area contributed by atoms with Gasteiger partial charge in [0.05, 0.1) is 11.4 Å². The Bertz CT molecular complexity index is 823. The Morgan fingerprint density at radius 2 is 1.77 bits per heavy atom. The van der Waals surface area contributed by atoms with Crippen molar-refractivity contribution in [3.05, 3.63) is 65.6 Å². The second-order valence-corrected chi connectivity index (χ2v) is 5.60. The highest BCUT2D eigenvalue weighted by molar-refractivity contribution is 5.62. The second-order valence-electron chi connectivity index (χ2n) is 5.60. The van der Waals surface area contributed by atoms with Crippen molar-refractivity contribution in [3.8, 4) is 16.9 Å². The summed E-state index contributed by atoms with van der Waals surface area (Å²) >= 11 is 0. The highest BCUT2D eigenvalue weighted by Crippen LogP contribution is 2.29. The van der Waals surface area contributed by atoms with E-state index in [-0.39, 0.29) is 5.82 Å². The summed E-state index contributed by atoms with van der Waals surface area (Å²) in [5.74, 6) is -0.246. The molecule has 0 N–H and O–H groups in total. The molecule has 4 nitrogen and oxygen atoms in total. The van der Waals surface area contributed by atoms with Gasteiger partial charge in [-0.05, 0) is 42.9 Å². The average Bonchev–Trinajstić information content (AvgIpc) is 2.86. The normalized spacial score (nSPS) is 14.3. The van der Waals surface area contributed by atoms with Crippen molar-refractivity contribution in [3.63, 3.8) is 0 Å². The van der Waals surface area contributed by atoms with Gasteiger partial charge in [0.25, 0.3) is 0 Å². The second kappa shape index (κ2) is 5.03. The lowest BCUT2D eigenvalue weighted by Gasteiger charge is -2.13. The van der Waals surface area contributed by atoms with Crippen molar-refractivity contribution >= 4 is 0 Å². The standard InChI is InChI=1S/C17H15FN4/c1-21-10-13-4-2-3-5-15(13)22-16(11-21)17(19-20-22)12-6-8-14(18)9-7-12/h2-9H,10-11H2,1H3. The van der Waals surface area contributed by atoms with Gasteiger partial charge in [0.15, 0.2) is 0 Å². The zero-order chi connectivity index (χ0) is 15.1. The van der Waals surface area contributed by atoms with E-state index < -0.39 is 0 Å². The van der Waals surface area contributed by atoms with Crippen molar-refractivity contribution in [2.24, 2.45) is 0 Å². The average molecular weight is 294 g/mol. The maximum absolute atomic E-state index is 13.1. The van der Waals surface area contributed by atoms with E-state index in [1.807, 2.05) is 16.8 Å². The molecule has 0 unspecified atom stereocenters. The predicted molar refractivity (Wildman–Crippen MR) is 81.9 cm³/mol. The van der Waals surface area contributed by atoms with Crippen molar-refractivity contribution in [2.75, 3.05) is 7.05 Å². The van der Waals surface area contributed by atoms with Gasteiger partial charge in [0.1, 0.15) is 11.5 Å². The van der Waals surface area contributed by atoms with Gasteiger partial charge < -0.3 is 0 Å². The molecule has 4 rings (SSSR count). The van der Waals surface area contributed by atoms with Crippen LogP contribution in [-0.2, 0) is 13.1 Å². The fourth-order valence-electron chi connectivity index (χ4n) is 2.92. The molecule has 1 aromatic heterocycles. The number of aromatic nitrogens is 3. The Balaban J connectivity index is 1.90. The molecular formula is C17H15FN4. The number of nitrogens with zero attached hydrogens (tertiary/aromatic N) is 4. The molecule has 3 aromatic rings. The third-order valence-corrected chi connectivity index (χ3v) is 3.96. The first kappa shape index (κ1) is 13.2. The number of halogens is 1. The molecule has 22 heavy (non-hydrogen) atoms. The van der Waals surface area contributed by atoms with Crippen LogP contribution in [0.4, 0.5) is 4.39 Å². The van der Waals surface area contributed by atoms with E-state index in [0.717, 1.165) is 35.7 Å². The van der Waals surface area contributed by atoms with Gasteiger partial charge in [0, 0.05) is 18.7 Å². The van der Waals surface area contributed by atoms with Crippen LogP contribution in [0.5, 0.6) is 0 Å². The molecular weight excluding hydrogens is 279 g/mol. The minimum atomic E-state index is -0.246. The lowest BCUT2D eigenvalue weighted by atomic mass is 10.1. The summed E-state index contributed by atoms with van der Waals surface area (Å²) in [5.41, 5.74) is 5.00. The summed E-state index contributed by atoms with van der Waals surface area (Å²) < 4.78 is 15.0. The molecule has 0 fully saturated rings. The fourth-order valence-corrected chi connectivity index (χ4v) is 2.92.